The Labute approximate surface area is 161 Å². The number of nitrogens with zero attached hydrogens (tertiary/aromatic N) is 3. The number of piperidine rings is 1. The molecule has 0 spiro atoms. The first-order valence-electron chi connectivity index (χ1n) is 9.24. The van der Waals surface area contributed by atoms with Crippen molar-refractivity contribution in [2.75, 3.05) is 19.7 Å². The topological polar surface area (TPSA) is 68.5 Å². The van der Waals surface area contributed by atoms with Crippen LogP contribution in [0.3, 0.4) is 0 Å². The van der Waals surface area contributed by atoms with Crippen LogP contribution in [0, 0.1) is 5.82 Å². The normalized spacial score (nSPS) is 14.8. The Bertz CT molecular complexity index is 920. The monoisotopic (exact) mass is 381 g/mol. The molecule has 0 radical (unpaired) electrons. The predicted octanol–water partition coefficient (Wildman–Crippen LogP) is 3.66. The Morgan fingerprint density at radius 1 is 1.07 bits per heavy atom. The van der Waals surface area contributed by atoms with Crippen LogP contribution in [-0.2, 0) is 4.79 Å². The van der Waals surface area contributed by atoms with E-state index in [1.54, 1.807) is 17.0 Å². The number of rotatable bonds is 5. The van der Waals surface area contributed by atoms with E-state index in [0.717, 1.165) is 12.8 Å². The van der Waals surface area contributed by atoms with Crippen LogP contribution in [0.2, 0.25) is 0 Å². The van der Waals surface area contributed by atoms with Gasteiger partial charge in [0.15, 0.2) is 6.61 Å². The predicted molar refractivity (Wildman–Crippen MR) is 100 cm³/mol. The van der Waals surface area contributed by atoms with Crippen molar-refractivity contribution in [3.63, 3.8) is 0 Å². The number of para-hydroxylation sites is 1. The summed E-state index contributed by atoms with van der Waals surface area (Å²) in [6.45, 7) is 1.27. The molecule has 1 aliphatic rings. The van der Waals surface area contributed by atoms with Crippen molar-refractivity contribution in [3.8, 4) is 17.2 Å². The van der Waals surface area contributed by atoms with E-state index in [1.165, 1.54) is 12.1 Å². The number of benzene rings is 2. The molecule has 1 saturated heterocycles. The lowest BCUT2D eigenvalue weighted by Crippen LogP contribution is -2.40. The van der Waals surface area contributed by atoms with Crippen LogP contribution in [0.15, 0.2) is 59.0 Å². The second kappa shape index (κ2) is 8.21. The summed E-state index contributed by atoms with van der Waals surface area (Å²) in [5.41, 5.74) is 0.686. The van der Waals surface area contributed by atoms with E-state index in [0.29, 0.717) is 36.2 Å². The third-order valence-electron chi connectivity index (χ3n) is 4.83. The molecule has 0 saturated carbocycles. The lowest BCUT2D eigenvalue weighted by molar-refractivity contribution is -0.134. The summed E-state index contributed by atoms with van der Waals surface area (Å²) in [6, 6.07) is 15.2. The molecule has 28 heavy (non-hydrogen) atoms. The first-order valence-corrected chi connectivity index (χ1v) is 9.24. The molecule has 0 atom stereocenters. The highest BCUT2D eigenvalue weighted by molar-refractivity contribution is 5.77. The number of aromatic nitrogens is 2. The summed E-state index contributed by atoms with van der Waals surface area (Å²) < 4.78 is 24.4. The molecule has 0 unspecified atom stereocenters. The van der Waals surface area contributed by atoms with Crippen molar-refractivity contribution < 1.29 is 18.3 Å². The van der Waals surface area contributed by atoms with Crippen LogP contribution < -0.4 is 4.74 Å². The second-order valence-corrected chi connectivity index (χ2v) is 6.71. The summed E-state index contributed by atoms with van der Waals surface area (Å²) >= 11 is 0. The molecule has 1 aliphatic heterocycles. The van der Waals surface area contributed by atoms with Crippen molar-refractivity contribution in [2.24, 2.45) is 0 Å². The third kappa shape index (κ3) is 4.19. The third-order valence-corrected chi connectivity index (χ3v) is 4.83. The van der Waals surface area contributed by atoms with Gasteiger partial charge in [-0.25, -0.2) is 4.39 Å². The molecule has 6 nitrogen and oxygen atoms in total. The molecular weight excluding hydrogens is 361 g/mol. The minimum absolute atomic E-state index is 0.0279. The standard InChI is InChI=1S/C21H20FN3O3/c22-17-8-6-15(7-9-17)20-23-24-21(28-20)16-10-12-25(13-11-16)19(26)14-27-18-4-2-1-3-5-18/h1-9,16H,10-14H2. The van der Waals surface area contributed by atoms with Gasteiger partial charge in [0.05, 0.1) is 0 Å². The zero-order chi connectivity index (χ0) is 19.3. The van der Waals surface area contributed by atoms with Gasteiger partial charge in [-0.1, -0.05) is 18.2 Å². The fourth-order valence-corrected chi connectivity index (χ4v) is 3.24. The van der Waals surface area contributed by atoms with E-state index in [9.17, 15) is 9.18 Å². The van der Waals surface area contributed by atoms with E-state index in [2.05, 4.69) is 10.2 Å². The molecule has 1 amide bonds. The highest BCUT2D eigenvalue weighted by Crippen LogP contribution is 2.29. The maximum atomic E-state index is 13.0. The highest BCUT2D eigenvalue weighted by atomic mass is 19.1. The van der Waals surface area contributed by atoms with Gasteiger partial charge >= 0.3 is 0 Å². The van der Waals surface area contributed by atoms with Gasteiger partial charge < -0.3 is 14.1 Å². The molecule has 0 N–H and O–H groups in total. The summed E-state index contributed by atoms with van der Waals surface area (Å²) in [5.74, 6) is 1.40. The largest absolute Gasteiger partial charge is 0.484 e. The van der Waals surface area contributed by atoms with E-state index < -0.39 is 0 Å². The molecule has 144 valence electrons. The average Bonchev–Trinajstić information content (AvgIpc) is 3.24. The number of carbonyl (C=O) groups excluding carboxylic acids is 1. The van der Waals surface area contributed by atoms with Gasteiger partial charge in [0.2, 0.25) is 11.8 Å². The van der Waals surface area contributed by atoms with Crippen molar-refractivity contribution in [1.29, 1.82) is 0 Å². The highest BCUT2D eigenvalue weighted by Gasteiger charge is 2.27. The zero-order valence-corrected chi connectivity index (χ0v) is 15.3. The zero-order valence-electron chi connectivity index (χ0n) is 15.3. The van der Waals surface area contributed by atoms with Crippen LogP contribution >= 0.6 is 0 Å². The summed E-state index contributed by atoms with van der Waals surface area (Å²) in [4.78, 5) is 14.2. The maximum Gasteiger partial charge on any atom is 0.260 e. The molecule has 2 aromatic carbocycles. The van der Waals surface area contributed by atoms with Crippen LogP contribution in [-0.4, -0.2) is 40.7 Å². The number of amides is 1. The molecule has 0 bridgehead atoms. The van der Waals surface area contributed by atoms with Crippen LogP contribution in [0.1, 0.15) is 24.7 Å². The fraction of sp³-hybridized carbons (Fsp3) is 0.286. The quantitative estimate of drug-likeness (QED) is 0.675. The van der Waals surface area contributed by atoms with E-state index in [4.69, 9.17) is 9.15 Å². The molecule has 1 fully saturated rings. The SMILES string of the molecule is O=C(COc1ccccc1)N1CCC(c2nnc(-c3ccc(F)cc3)o2)CC1. The first kappa shape index (κ1) is 18.2. The maximum absolute atomic E-state index is 13.0. The van der Waals surface area contributed by atoms with E-state index in [-0.39, 0.29) is 24.2 Å². The molecule has 4 rings (SSSR count). The second-order valence-electron chi connectivity index (χ2n) is 6.71. The number of hydrogen-bond donors (Lipinski definition) is 0. The van der Waals surface area contributed by atoms with Crippen LogP contribution in [0.25, 0.3) is 11.5 Å². The Hall–Kier alpha value is -3.22. The number of ether oxygens (including phenoxy) is 1. The molecule has 3 aromatic rings. The Morgan fingerprint density at radius 3 is 2.50 bits per heavy atom. The number of carbonyl (C=O) groups is 1. The number of halogens is 1. The van der Waals surface area contributed by atoms with Gasteiger partial charge in [0.1, 0.15) is 11.6 Å². The molecule has 2 heterocycles. The Morgan fingerprint density at radius 2 is 1.79 bits per heavy atom. The molecule has 7 heteroatoms. The Balaban J connectivity index is 1.30. The fourth-order valence-electron chi connectivity index (χ4n) is 3.24. The first-order chi connectivity index (χ1) is 13.7. The van der Waals surface area contributed by atoms with Gasteiger partial charge in [-0.3, -0.25) is 4.79 Å². The molecular formula is C21H20FN3O3. The lowest BCUT2D eigenvalue weighted by atomic mass is 9.97. The molecule has 1 aromatic heterocycles. The van der Waals surface area contributed by atoms with E-state index >= 15 is 0 Å². The van der Waals surface area contributed by atoms with Gasteiger partial charge in [-0.15, -0.1) is 10.2 Å². The van der Waals surface area contributed by atoms with Crippen molar-refractivity contribution >= 4 is 5.91 Å². The van der Waals surface area contributed by atoms with Crippen molar-refractivity contribution in [2.45, 2.75) is 18.8 Å². The smallest absolute Gasteiger partial charge is 0.260 e. The number of hydrogen-bond acceptors (Lipinski definition) is 5. The molecule has 0 aliphatic carbocycles. The van der Waals surface area contributed by atoms with Gasteiger partial charge in [-0.05, 0) is 49.2 Å². The van der Waals surface area contributed by atoms with Gasteiger partial charge in [-0.2, -0.15) is 0 Å². The minimum Gasteiger partial charge on any atom is -0.484 e. The van der Waals surface area contributed by atoms with Gasteiger partial charge in [0.25, 0.3) is 5.91 Å². The van der Waals surface area contributed by atoms with Crippen molar-refractivity contribution in [3.05, 3.63) is 66.3 Å². The summed E-state index contributed by atoms with van der Waals surface area (Å²) in [7, 11) is 0. The lowest BCUT2D eigenvalue weighted by Gasteiger charge is -2.30. The summed E-state index contributed by atoms with van der Waals surface area (Å²) in [5, 5.41) is 8.21. The van der Waals surface area contributed by atoms with Crippen LogP contribution in [0.5, 0.6) is 5.75 Å². The Kier molecular flexibility index (Phi) is 5.32. The number of likely N-dealkylation sites (tertiary alicyclic amines) is 1. The van der Waals surface area contributed by atoms with Crippen molar-refractivity contribution in [1.82, 2.24) is 15.1 Å². The van der Waals surface area contributed by atoms with E-state index in [1.807, 2.05) is 30.3 Å². The average molecular weight is 381 g/mol. The summed E-state index contributed by atoms with van der Waals surface area (Å²) in [6.07, 6.45) is 1.50. The van der Waals surface area contributed by atoms with Crippen LogP contribution in [0.4, 0.5) is 4.39 Å². The minimum atomic E-state index is -0.309. The van der Waals surface area contributed by atoms with Gasteiger partial charge in [0, 0.05) is 24.6 Å².